The van der Waals surface area contributed by atoms with E-state index in [2.05, 4.69) is 36.1 Å². The maximum Gasteiger partial charge on any atom is 0.134 e. The standard InChI is InChI=1S/C17H22N2O/c1-17(12-18)9-10-19(13-17)11-15-7-8-16(20-15)14-5-3-2-4-6-14/h2-8H,9-13,18H2,1H3. The summed E-state index contributed by atoms with van der Waals surface area (Å²) >= 11 is 0. The molecule has 1 saturated heterocycles. The average molecular weight is 270 g/mol. The third-order valence-electron chi connectivity index (χ3n) is 4.23. The second kappa shape index (κ2) is 5.43. The van der Waals surface area contributed by atoms with Crippen LogP contribution in [0.3, 0.4) is 0 Å². The van der Waals surface area contributed by atoms with Gasteiger partial charge in [0.15, 0.2) is 0 Å². The van der Waals surface area contributed by atoms with Gasteiger partial charge in [-0.15, -0.1) is 0 Å². The molecule has 20 heavy (non-hydrogen) atoms. The molecule has 0 amide bonds. The van der Waals surface area contributed by atoms with Gasteiger partial charge in [0, 0.05) is 12.1 Å². The van der Waals surface area contributed by atoms with Crippen LogP contribution < -0.4 is 5.73 Å². The summed E-state index contributed by atoms with van der Waals surface area (Å²) in [5.74, 6) is 1.98. The summed E-state index contributed by atoms with van der Waals surface area (Å²) < 4.78 is 5.96. The Balaban J connectivity index is 1.67. The van der Waals surface area contributed by atoms with Crippen LogP contribution in [-0.4, -0.2) is 24.5 Å². The van der Waals surface area contributed by atoms with E-state index in [1.54, 1.807) is 0 Å². The number of furan rings is 1. The predicted octanol–water partition coefficient (Wildman–Crippen LogP) is 3.12. The minimum Gasteiger partial charge on any atom is -0.460 e. The summed E-state index contributed by atoms with van der Waals surface area (Å²) in [7, 11) is 0. The smallest absolute Gasteiger partial charge is 0.134 e. The van der Waals surface area contributed by atoms with Crippen LogP contribution in [0.5, 0.6) is 0 Å². The predicted molar refractivity (Wildman–Crippen MR) is 81.2 cm³/mol. The van der Waals surface area contributed by atoms with Crippen molar-refractivity contribution in [2.75, 3.05) is 19.6 Å². The van der Waals surface area contributed by atoms with Crippen molar-refractivity contribution in [1.82, 2.24) is 4.90 Å². The third-order valence-corrected chi connectivity index (χ3v) is 4.23. The quantitative estimate of drug-likeness (QED) is 0.928. The maximum atomic E-state index is 5.96. The molecule has 3 rings (SSSR count). The number of benzene rings is 1. The molecule has 2 N–H and O–H groups in total. The van der Waals surface area contributed by atoms with Crippen molar-refractivity contribution < 1.29 is 4.42 Å². The van der Waals surface area contributed by atoms with E-state index in [0.717, 1.165) is 43.3 Å². The summed E-state index contributed by atoms with van der Waals surface area (Å²) in [6.07, 6.45) is 1.18. The van der Waals surface area contributed by atoms with Crippen LogP contribution >= 0.6 is 0 Å². The Kier molecular flexibility index (Phi) is 3.64. The number of likely N-dealkylation sites (tertiary alicyclic amines) is 1. The Labute approximate surface area is 120 Å². The SMILES string of the molecule is CC1(CN)CCN(Cc2ccc(-c3ccccc3)o2)C1. The minimum absolute atomic E-state index is 0.273. The Morgan fingerprint density at radius 2 is 2.00 bits per heavy atom. The molecule has 0 saturated carbocycles. The van der Waals surface area contributed by atoms with Crippen LogP contribution in [0.15, 0.2) is 46.9 Å². The summed E-state index contributed by atoms with van der Waals surface area (Å²) in [5, 5.41) is 0. The molecule has 1 fully saturated rings. The van der Waals surface area contributed by atoms with Gasteiger partial charge in [-0.25, -0.2) is 0 Å². The van der Waals surface area contributed by atoms with Gasteiger partial charge in [-0.2, -0.15) is 0 Å². The van der Waals surface area contributed by atoms with E-state index in [4.69, 9.17) is 10.2 Å². The van der Waals surface area contributed by atoms with E-state index in [9.17, 15) is 0 Å². The van der Waals surface area contributed by atoms with Crippen molar-refractivity contribution in [2.45, 2.75) is 19.9 Å². The molecule has 2 aromatic rings. The normalized spacial score (nSPS) is 23.3. The molecule has 0 aliphatic carbocycles. The number of rotatable bonds is 4. The van der Waals surface area contributed by atoms with Crippen molar-refractivity contribution >= 4 is 0 Å². The molecular weight excluding hydrogens is 248 g/mol. The number of nitrogens with two attached hydrogens (primary N) is 1. The first-order valence-corrected chi connectivity index (χ1v) is 7.25. The van der Waals surface area contributed by atoms with Gasteiger partial charge in [0.1, 0.15) is 11.5 Å². The molecule has 0 radical (unpaired) electrons. The van der Waals surface area contributed by atoms with E-state index in [0.29, 0.717) is 0 Å². The lowest BCUT2D eigenvalue weighted by Gasteiger charge is -2.21. The number of nitrogens with zero attached hydrogens (tertiary/aromatic N) is 1. The highest BCUT2D eigenvalue weighted by atomic mass is 16.3. The molecule has 3 heteroatoms. The molecule has 1 aliphatic rings. The first-order chi connectivity index (χ1) is 9.68. The Morgan fingerprint density at radius 3 is 2.70 bits per heavy atom. The number of hydrogen-bond donors (Lipinski definition) is 1. The van der Waals surface area contributed by atoms with Crippen molar-refractivity contribution in [2.24, 2.45) is 11.1 Å². The molecule has 0 bridgehead atoms. The second-order valence-corrected chi connectivity index (χ2v) is 6.11. The fourth-order valence-corrected chi connectivity index (χ4v) is 2.87. The highest BCUT2D eigenvalue weighted by Crippen LogP contribution is 2.30. The van der Waals surface area contributed by atoms with Crippen LogP contribution in [0.2, 0.25) is 0 Å². The molecule has 1 aromatic carbocycles. The van der Waals surface area contributed by atoms with Gasteiger partial charge in [0.05, 0.1) is 6.54 Å². The minimum atomic E-state index is 0.273. The zero-order valence-electron chi connectivity index (χ0n) is 12.0. The van der Waals surface area contributed by atoms with Crippen LogP contribution in [0.1, 0.15) is 19.1 Å². The van der Waals surface area contributed by atoms with Crippen LogP contribution in [0, 0.1) is 5.41 Å². The highest BCUT2D eigenvalue weighted by molar-refractivity contribution is 5.57. The topological polar surface area (TPSA) is 42.4 Å². The fraction of sp³-hybridized carbons (Fsp3) is 0.412. The third kappa shape index (κ3) is 2.79. The summed E-state index contributed by atoms with van der Waals surface area (Å²) in [6, 6.07) is 14.4. The fourth-order valence-electron chi connectivity index (χ4n) is 2.87. The number of hydrogen-bond acceptors (Lipinski definition) is 3. The van der Waals surface area contributed by atoms with Crippen molar-refractivity contribution in [3.8, 4) is 11.3 Å². The molecule has 3 nitrogen and oxygen atoms in total. The van der Waals surface area contributed by atoms with Crippen molar-refractivity contribution in [1.29, 1.82) is 0 Å². The van der Waals surface area contributed by atoms with Crippen LogP contribution in [0.25, 0.3) is 11.3 Å². The largest absolute Gasteiger partial charge is 0.460 e. The molecule has 1 aliphatic heterocycles. The van der Waals surface area contributed by atoms with Crippen LogP contribution in [-0.2, 0) is 6.54 Å². The molecule has 2 heterocycles. The van der Waals surface area contributed by atoms with Gasteiger partial charge in [0.25, 0.3) is 0 Å². The van der Waals surface area contributed by atoms with Gasteiger partial charge in [0.2, 0.25) is 0 Å². The van der Waals surface area contributed by atoms with Crippen LogP contribution in [0.4, 0.5) is 0 Å². The summed E-state index contributed by atoms with van der Waals surface area (Å²) in [6.45, 7) is 6.07. The average Bonchev–Trinajstić information content (AvgIpc) is 3.08. The van der Waals surface area contributed by atoms with E-state index >= 15 is 0 Å². The lowest BCUT2D eigenvalue weighted by molar-refractivity contribution is 0.257. The first kappa shape index (κ1) is 13.4. The molecule has 106 valence electrons. The molecule has 1 unspecified atom stereocenters. The van der Waals surface area contributed by atoms with Gasteiger partial charge in [-0.3, -0.25) is 4.90 Å². The lowest BCUT2D eigenvalue weighted by atomic mass is 9.90. The molecular formula is C17H22N2O. The zero-order valence-corrected chi connectivity index (χ0v) is 12.0. The monoisotopic (exact) mass is 270 g/mol. The van der Waals surface area contributed by atoms with E-state index in [-0.39, 0.29) is 5.41 Å². The van der Waals surface area contributed by atoms with Gasteiger partial charge < -0.3 is 10.2 Å². The van der Waals surface area contributed by atoms with E-state index < -0.39 is 0 Å². The van der Waals surface area contributed by atoms with Crippen molar-refractivity contribution in [3.63, 3.8) is 0 Å². The molecule has 1 atom stereocenters. The molecule has 1 aromatic heterocycles. The van der Waals surface area contributed by atoms with E-state index in [1.165, 1.54) is 6.42 Å². The summed E-state index contributed by atoms with van der Waals surface area (Å²) in [4.78, 5) is 2.43. The summed E-state index contributed by atoms with van der Waals surface area (Å²) in [5.41, 5.74) is 7.26. The van der Waals surface area contributed by atoms with Crippen molar-refractivity contribution in [3.05, 3.63) is 48.2 Å². The Morgan fingerprint density at radius 1 is 1.20 bits per heavy atom. The first-order valence-electron chi connectivity index (χ1n) is 7.25. The maximum absolute atomic E-state index is 5.96. The Hall–Kier alpha value is -1.58. The Bertz CT molecular complexity index is 563. The molecule has 0 spiro atoms. The second-order valence-electron chi connectivity index (χ2n) is 6.11. The van der Waals surface area contributed by atoms with Gasteiger partial charge in [-0.1, -0.05) is 37.3 Å². The zero-order chi connectivity index (χ0) is 14.0. The highest BCUT2D eigenvalue weighted by Gasteiger charge is 2.32. The van der Waals surface area contributed by atoms with E-state index in [1.807, 2.05) is 18.2 Å². The lowest BCUT2D eigenvalue weighted by Crippen LogP contribution is -2.31. The van der Waals surface area contributed by atoms with Gasteiger partial charge in [-0.05, 0) is 37.1 Å². The van der Waals surface area contributed by atoms with Gasteiger partial charge >= 0.3 is 0 Å².